The molecule has 1 aromatic heterocycles. The lowest BCUT2D eigenvalue weighted by Gasteiger charge is -2.16. The topological polar surface area (TPSA) is 103 Å². The average Bonchev–Trinajstić information content (AvgIpc) is 3.34. The van der Waals surface area contributed by atoms with Gasteiger partial charge in [0, 0.05) is 12.1 Å². The molecule has 0 amide bonds. The maximum Gasteiger partial charge on any atom is 0.338 e. The first-order valence-corrected chi connectivity index (χ1v) is 10.8. The quantitative estimate of drug-likeness (QED) is 0.572. The van der Waals surface area contributed by atoms with Crippen LogP contribution < -0.4 is 4.31 Å². The van der Waals surface area contributed by atoms with E-state index in [4.69, 9.17) is 9.26 Å². The highest BCUT2D eigenvalue weighted by atomic mass is 32.2. The minimum Gasteiger partial charge on any atom is -0.452 e. The molecule has 2 heterocycles. The van der Waals surface area contributed by atoms with E-state index in [0.717, 1.165) is 0 Å². The molecule has 30 heavy (non-hydrogen) atoms. The number of halogens is 1. The fourth-order valence-electron chi connectivity index (χ4n) is 3.07. The van der Waals surface area contributed by atoms with Gasteiger partial charge in [-0.15, -0.1) is 0 Å². The van der Waals surface area contributed by atoms with Crippen LogP contribution in [0.2, 0.25) is 0 Å². The summed E-state index contributed by atoms with van der Waals surface area (Å²) < 4.78 is 49.2. The number of anilines is 1. The minimum absolute atomic E-state index is 0.0686. The van der Waals surface area contributed by atoms with Crippen LogP contribution in [-0.2, 0) is 21.4 Å². The Morgan fingerprint density at radius 2 is 2.00 bits per heavy atom. The van der Waals surface area contributed by atoms with Crippen molar-refractivity contribution in [2.75, 3.05) is 16.6 Å². The van der Waals surface area contributed by atoms with Crippen LogP contribution in [-0.4, -0.2) is 36.8 Å². The van der Waals surface area contributed by atoms with Crippen LogP contribution in [0.15, 0.2) is 47.0 Å². The third-order valence-corrected chi connectivity index (χ3v) is 6.58. The van der Waals surface area contributed by atoms with Gasteiger partial charge in [-0.2, -0.15) is 4.98 Å². The lowest BCUT2D eigenvalue weighted by atomic mass is 10.1. The Balaban J connectivity index is 1.39. The Kier molecular flexibility index (Phi) is 5.25. The average molecular weight is 431 g/mol. The maximum absolute atomic E-state index is 13.7. The monoisotopic (exact) mass is 431 g/mol. The van der Waals surface area contributed by atoms with Crippen LogP contribution in [0.3, 0.4) is 0 Å². The summed E-state index contributed by atoms with van der Waals surface area (Å²) in [5.41, 5.74) is 1.73. The fraction of sp³-hybridized carbons (Fsp3) is 0.250. The number of nitrogens with zero attached hydrogens (tertiary/aromatic N) is 3. The Hall–Kier alpha value is -3.27. The summed E-state index contributed by atoms with van der Waals surface area (Å²) in [4.78, 5) is 16.3. The van der Waals surface area contributed by atoms with Gasteiger partial charge >= 0.3 is 5.97 Å². The number of benzene rings is 2. The molecule has 0 saturated carbocycles. The number of hydrogen-bond acceptors (Lipinski definition) is 7. The number of hydrogen-bond donors (Lipinski definition) is 0. The van der Waals surface area contributed by atoms with Gasteiger partial charge in [-0.05, 0) is 49.2 Å². The molecule has 3 aromatic rings. The number of ether oxygens (including phenoxy) is 1. The van der Waals surface area contributed by atoms with Crippen LogP contribution >= 0.6 is 0 Å². The van der Waals surface area contributed by atoms with Crippen molar-refractivity contribution in [3.8, 4) is 11.4 Å². The molecule has 10 heteroatoms. The van der Waals surface area contributed by atoms with Crippen molar-refractivity contribution in [3.05, 3.63) is 65.3 Å². The van der Waals surface area contributed by atoms with Crippen molar-refractivity contribution in [1.82, 2.24) is 10.1 Å². The van der Waals surface area contributed by atoms with Crippen molar-refractivity contribution in [2.45, 2.75) is 20.0 Å². The molecule has 0 bridgehead atoms. The highest BCUT2D eigenvalue weighted by Crippen LogP contribution is 2.24. The van der Waals surface area contributed by atoms with Gasteiger partial charge in [0.15, 0.2) is 6.61 Å². The summed E-state index contributed by atoms with van der Waals surface area (Å²) in [7, 11) is -3.28. The standard InChI is InChI=1S/C20H18FN3O5S/c1-13-3-4-15(11-17(13)21)19-22-18(29-23-19)12-28-20(25)14-5-7-16(8-6-14)24-9-2-10-30(24,26)27/h3-8,11H,2,9-10,12H2,1H3. The van der Waals surface area contributed by atoms with Crippen LogP contribution in [0.25, 0.3) is 11.4 Å². The van der Waals surface area contributed by atoms with Crippen molar-refractivity contribution in [2.24, 2.45) is 0 Å². The van der Waals surface area contributed by atoms with Gasteiger partial charge in [0.1, 0.15) is 5.82 Å². The molecule has 0 radical (unpaired) electrons. The molecule has 1 aliphatic rings. The molecule has 156 valence electrons. The third kappa shape index (κ3) is 4.04. The summed E-state index contributed by atoms with van der Waals surface area (Å²) in [6, 6.07) is 10.7. The molecule has 0 N–H and O–H groups in total. The summed E-state index contributed by atoms with van der Waals surface area (Å²) in [6.07, 6.45) is 0.577. The maximum atomic E-state index is 13.7. The number of sulfonamides is 1. The minimum atomic E-state index is -3.28. The van der Waals surface area contributed by atoms with E-state index in [1.165, 1.54) is 22.5 Å². The predicted octanol–water partition coefficient (Wildman–Crippen LogP) is 3.08. The summed E-state index contributed by atoms with van der Waals surface area (Å²) in [6.45, 7) is 1.83. The molecule has 0 atom stereocenters. The molecule has 1 saturated heterocycles. The van der Waals surface area contributed by atoms with E-state index in [-0.39, 0.29) is 35.5 Å². The Morgan fingerprint density at radius 3 is 2.67 bits per heavy atom. The lowest BCUT2D eigenvalue weighted by molar-refractivity contribution is 0.0430. The van der Waals surface area contributed by atoms with Gasteiger partial charge in [0.2, 0.25) is 15.8 Å². The first-order chi connectivity index (χ1) is 14.3. The number of esters is 1. The van der Waals surface area contributed by atoms with E-state index in [9.17, 15) is 17.6 Å². The van der Waals surface area contributed by atoms with E-state index in [1.807, 2.05) is 0 Å². The third-order valence-electron chi connectivity index (χ3n) is 4.72. The predicted molar refractivity (Wildman–Crippen MR) is 106 cm³/mol. The largest absolute Gasteiger partial charge is 0.452 e. The SMILES string of the molecule is Cc1ccc(-c2noc(COC(=O)c3ccc(N4CCCS4(=O)=O)cc3)n2)cc1F. The van der Waals surface area contributed by atoms with E-state index in [2.05, 4.69) is 10.1 Å². The first-order valence-electron chi connectivity index (χ1n) is 9.20. The molecule has 2 aromatic carbocycles. The molecule has 8 nitrogen and oxygen atoms in total. The zero-order valence-corrected chi connectivity index (χ0v) is 16.9. The van der Waals surface area contributed by atoms with Gasteiger partial charge in [0.25, 0.3) is 5.89 Å². The Labute approximate surface area is 172 Å². The Bertz CT molecular complexity index is 1190. The highest BCUT2D eigenvalue weighted by molar-refractivity contribution is 7.93. The van der Waals surface area contributed by atoms with E-state index < -0.39 is 16.0 Å². The Morgan fingerprint density at radius 1 is 1.23 bits per heavy atom. The van der Waals surface area contributed by atoms with Crippen molar-refractivity contribution >= 4 is 21.7 Å². The summed E-state index contributed by atoms with van der Waals surface area (Å²) in [5.74, 6) is -0.615. The first kappa shape index (κ1) is 20.0. The van der Waals surface area contributed by atoms with Crippen LogP contribution in [0.5, 0.6) is 0 Å². The second-order valence-electron chi connectivity index (χ2n) is 6.84. The molecule has 0 aliphatic carbocycles. The lowest BCUT2D eigenvalue weighted by Crippen LogP contribution is -2.25. The van der Waals surface area contributed by atoms with E-state index in [1.54, 1.807) is 31.2 Å². The molecule has 4 rings (SSSR count). The van der Waals surface area contributed by atoms with Crippen LogP contribution in [0.4, 0.5) is 10.1 Å². The summed E-state index contributed by atoms with van der Waals surface area (Å²) in [5, 5.41) is 3.77. The number of carbonyl (C=O) groups is 1. The molecule has 1 aliphatic heterocycles. The number of aryl methyl sites for hydroxylation is 1. The van der Waals surface area contributed by atoms with Crippen molar-refractivity contribution in [3.63, 3.8) is 0 Å². The molecule has 0 unspecified atom stereocenters. The van der Waals surface area contributed by atoms with Crippen LogP contribution in [0.1, 0.15) is 28.2 Å². The van der Waals surface area contributed by atoms with Gasteiger partial charge in [-0.25, -0.2) is 17.6 Å². The van der Waals surface area contributed by atoms with E-state index in [0.29, 0.717) is 29.8 Å². The highest BCUT2D eigenvalue weighted by Gasteiger charge is 2.28. The molecular weight excluding hydrogens is 413 g/mol. The fourth-order valence-corrected chi connectivity index (χ4v) is 4.63. The zero-order valence-electron chi connectivity index (χ0n) is 16.0. The second-order valence-corrected chi connectivity index (χ2v) is 8.85. The van der Waals surface area contributed by atoms with Crippen LogP contribution in [0, 0.1) is 12.7 Å². The molecule has 0 spiro atoms. The normalized spacial score (nSPS) is 15.3. The van der Waals surface area contributed by atoms with E-state index >= 15 is 0 Å². The number of aromatic nitrogens is 2. The molecule has 1 fully saturated rings. The summed E-state index contributed by atoms with van der Waals surface area (Å²) >= 11 is 0. The van der Waals surface area contributed by atoms with Gasteiger partial charge in [0.05, 0.1) is 17.0 Å². The number of carbonyl (C=O) groups excluding carboxylic acids is 1. The smallest absolute Gasteiger partial charge is 0.338 e. The molecular formula is C20H18FN3O5S. The van der Waals surface area contributed by atoms with Gasteiger partial charge < -0.3 is 9.26 Å². The van der Waals surface area contributed by atoms with Crippen molar-refractivity contribution < 1.29 is 26.9 Å². The van der Waals surface area contributed by atoms with Crippen molar-refractivity contribution in [1.29, 1.82) is 0 Å². The van der Waals surface area contributed by atoms with Gasteiger partial charge in [-0.3, -0.25) is 4.31 Å². The zero-order chi connectivity index (χ0) is 21.3. The number of rotatable bonds is 5. The van der Waals surface area contributed by atoms with Gasteiger partial charge in [-0.1, -0.05) is 17.3 Å². The second kappa shape index (κ2) is 7.86.